The van der Waals surface area contributed by atoms with Crippen molar-refractivity contribution in [1.82, 2.24) is 10.4 Å². The van der Waals surface area contributed by atoms with Gasteiger partial charge in [-0.05, 0) is 48.7 Å². The lowest BCUT2D eigenvalue weighted by Crippen LogP contribution is -2.54. The molecule has 108 valence electrons. The number of halogens is 2. The quantitative estimate of drug-likeness (QED) is 0.848. The van der Waals surface area contributed by atoms with Gasteiger partial charge in [0.15, 0.2) is 0 Å². The van der Waals surface area contributed by atoms with Crippen molar-refractivity contribution in [3.8, 4) is 0 Å². The fourth-order valence-electron chi connectivity index (χ4n) is 2.62. The van der Waals surface area contributed by atoms with E-state index >= 15 is 0 Å². The molecule has 0 spiro atoms. The number of rotatable bonds is 4. The Morgan fingerprint density at radius 3 is 2.63 bits per heavy atom. The van der Waals surface area contributed by atoms with Gasteiger partial charge in [-0.1, -0.05) is 18.0 Å². The van der Waals surface area contributed by atoms with Gasteiger partial charge in [-0.15, -0.1) is 11.3 Å². The Bertz CT molecular complexity index is 397. The van der Waals surface area contributed by atoms with E-state index in [9.17, 15) is 0 Å². The molecule has 1 aliphatic rings. The number of hydrogen-bond donors (Lipinski definition) is 2. The van der Waals surface area contributed by atoms with Crippen LogP contribution >= 0.6 is 38.9 Å². The van der Waals surface area contributed by atoms with Crippen LogP contribution in [0.5, 0.6) is 0 Å². The summed E-state index contributed by atoms with van der Waals surface area (Å²) in [5.41, 5.74) is 9.53. The van der Waals surface area contributed by atoms with Gasteiger partial charge in [-0.3, -0.25) is 0 Å². The Morgan fingerprint density at radius 1 is 1.53 bits per heavy atom. The highest BCUT2D eigenvalue weighted by molar-refractivity contribution is 9.10. The Labute approximate surface area is 132 Å². The minimum atomic E-state index is 0.136. The second-order valence-corrected chi connectivity index (χ2v) is 7.76. The van der Waals surface area contributed by atoms with E-state index < -0.39 is 0 Å². The number of piperidine rings is 1. The van der Waals surface area contributed by atoms with E-state index in [0.717, 1.165) is 8.81 Å². The average molecular weight is 367 g/mol. The van der Waals surface area contributed by atoms with Crippen molar-refractivity contribution in [2.24, 2.45) is 5.73 Å². The van der Waals surface area contributed by atoms with Crippen LogP contribution in [0.3, 0.4) is 0 Å². The molecule has 1 aromatic heterocycles. The normalized spacial score (nSPS) is 26.6. The van der Waals surface area contributed by atoms with Crippen LogP contribution in [0.15, 0.2) is 10.5 Å². The standard InChI is InChI=1S/C13H21BrClN3S/c1-8-4-3-5-9(2)18(8)17-11(7-16)12-6-10(14)13(15)19-12/h6,8-9,11,17H,3-5,7,16H2,1-2H3. The zero-order valence-electron chi connectivity index (χ0n) is 11.3. The number of thiophene rings is 1. The number of nitrogens with one attached hydrogen (secondary N) is 1. The summed E-state index contributed by atoms with van der Waals surface area (Å²) in [7, 11) is 0. The molecular formula is C13H21BrClN3S. The molecule has 0 bridgehead atoms. The lowest BCUT2D eigenvalue weighted by molar-refractivity contribution is 0.0310. The summed E-state index contributed by atoms with van der Waals surface area (Å²) >= 11 is 11.2. The Hall–Kier alpha value is 0.350. The van der Waals surface area contributed by atoms with Gasteiger partial charge in [0, 0.05) is 28.0 Å². The van der Waals surface area contributed by atoms with Gasteiger partial charge in [-0.2, -0.15) is 0 Å². The van der Waals surface area contributed by atoms with Gasteiger partial charge in [0.1, 0.15) is 4.34 Å². The van der Waals surface area contributed by atoms with Crippen LogP contribution in [0.2, 0.25) is 4.34 Å². The van der Waals surface area contributed by atoms with Crippen molar-refractivity contribution in [2.75, 3.05) is 6.54 Å². The van der Waals surface area contributed by atoms with Crippen LogP contribution in [0.25, 0.3) is 0 Å². The Kier molecular flexibility index (Phi) is 5.69. The maximum absolute atomic E-state index is 6.12. The van der Waals surface area contributed by atoms with E-state index in [-0.39, 0.29) is 6.04 Å². The maximum atomic E-state index is 6.12. The lowest BCUT2D eigenvalue weighted by atomic mass is 9.99. The van der Waals surface area contributed by atoms with E-state index in [1.165, 1.54) is 24.1 Å². The van der Waals surface area contributed by atoms with Crippen LogP contribution in [-0.2, 0) is 0 Å². The maximum Gasteiger partial charge on any atom is 0.107 e. The zero-order chi connectivity index (χ0) is 14.0. The predicted octanol–water partition coefficient (Wildman–Crippen LogP) is 3.93. The second-order valence-electron chi connectivity index (χ2n) is 5.22. The van der Waals surface area contributed by atoms with Crippen molar-refractivity contribution in [2.45, 2.75) is 51.2 Å². The lowest BCUT2D eigenvalue weighted by Gasteiger charge is -2.41. The molecule has 3 nitrogen and oxygen atoms in total. The van der Waals surface area contributed by atoms with Gasteiger partial charge in [0.2, 0.25) is 0 Å². The molecule has 6 heteroatoms. The van der Waals surface area contributed by atoms with Crippen molar-refractivity contribution in [1.29, 1.82) is 0 Å². The largest absolute Gasteiger partial charge is 0.329 e. The molecule has 1 aromatic rings. The van der Waals surface area contributed by atoms with Crippen molar-refractivity contribution < 1.29 is 0 Å². The molecule has 3 N–H and O–H groups in total. The molecule has 2 rings (SSSR count). The topological polar surface area (TPSA) is 41.3 Å². The number of hydrogen-bond acceptors (Lipinski definition) is 4. The second kappa shape index (κ2) is 6.87. The van der Waals surface area contributed by atoms with Gasteiger partial charge in [-0.25, -0.2) is 10.4 Å². The monoisotopic (exact) mass is 365 g/mol. The van der Waals surface area contributed by atoms with Gasteiger partial charge in [0.25, 0.3) is 0 Å². The highest BCUT2D eigenvalue weighted by Gasteiger charge is 2.27. The summed E-state index contributed by atoms with van der Waals surface area (Å²) < 4.78 is 1.74. The van der Waals surface area contributed by atoms with Gasteiger partial charge < -0.3 is 5.73 Å². The summed E-state index contributed by atoms with van der Waals surface area (Å²) in [5.74, 6) is 0. The number of hydrazine groups is 1. The molecule has 0 aromatic carbocycles. The fourth-order valence-corrected chi connectivity index (χ4v) is 4.42. The molecular weight excluding hydrogens is 346 g/mol. The molecule has 0 saturated carbocycles. The van der Waals surface area contributed by atoms with Gasteiger partial charge >= 0.3 is 0 Å². The minimum Gasteiger partial charge on any atom is -0.329 e. The fraction of sp³-hybridized carbons (Fsp3) is 0.692. The molecule has 0 amide bonds. The smallest absolute Gasteiger partial charge is 0.107 e. The first-order valence-electron chi connectivity index (χ1n) is 6.72. The third-order valence-electron chi connectivity index (χ3n) is 3.74. The van der Waals surface area contributed by atoms with Crippen LogP contribution in [0, 0.1) is 0 Å². The number of nitrogens with two attached hydrogens (primary N) is 1. The molecule has 1 fully saturated rings. The summed E-state index contributed by atoms with van der Waals surface area (Å²) in [6.07, 6.45) is 3.79. The molecule has 3 atom stereocenters. The first-order chi connectivity index (χ1) is 9.02. The summed E-state index contributed by atoms with van der Waals surface area (Å²) in [5, 5.41) is 2.36. The zero-order valence-corrected chi connectivity index (χ0v) is 14.5. The van der Waals surface area contributed by atoms with Crippen molar-refractivity contribution >= 4 is 38.9 Å². The summed E-state index contributed by atoms with van der Waals surface area (Å²) in [6, 6.07) is 3.31. The first kappa shape index (κ1) is 15.7. The van der Waals surface area contributed by atoms with E-state index in [4.69, 9.17) is 17.3 Å². The highest BCUT2D eigenvalue weighted by atomic mass is 79.9. The molecule has 3 unspecified atom stereocenters. The van der Waals surface area contributed by atoms with Crippen LogP contribution in [-0.4, -0.2) is 23.6 Å². The van der Waals surface area contributed by atoms with Gasteiger partial charge in [0.05, 0.1) is 6.04 Å². The van der Waals surface area contributed by atoms with E-state index in [1.54, 1.807) is 11.3 Å². The highest BCUT2D eigenvalue weighted by Crippen LogP contribution is 2.35. The number of nitrogens with zero attached hydrogens (tertiary/aromatic N) is 1. The van der Waals surface area contributed by atoms with Crippen LogP contribution in [0.1, 0.15) is 44.0 Å². The third kappa shape index (κ3) is 3.71. The first-order valence-corrected chi connectivity index (χ1v) is 8.71. The summed E-state index contributed by atoms with van der Waals surface area (Å²) in [6.45, 7) is 5.11. The molecule has 1 saturated heterocycles. The average Bonchev–Trinajstić information content (AvgIpc) is 2.69. The van der Waals surface area contributed by atoms with E-state index in [0.29, 0.717) is 18.6 Å². The molecule has 1 aliphatic heterocycles. The molecule has 0 radical (unpaired) electrons. The minimum absolute atomic E-state index is 0.136. The Morgan fingerprint density at radius 2 is 2.16 bits per heavy atom. The van der Waals surface area contributed by atoms with Crippen LogP contribution in [0.4, 0.5) is 0 Å². The Balaban J connectivity index is 2.09. The van der Waals surface area contributed by atoms with Crippen LogP contribution < -0.4 is 11.2 Å². The van der Waals surface area contributed by atoms with Crippen molar-refractivity contribution in [3.63, 3.8) is 0 Å². The van der Waals surface area contributed by atoms with E-state index in [1.807, 2.05) is 0 Å². The summed E-state index contributed by atoms with van der Waals surface area (Å²) in [4.78, 5) is 1.18. The SMILES string of the molecule is CC1CCCC(C)N1NC(CN)c1cc(Br)c(Cl)s1. The molecule has 0 aliphatic carbocycles. The molecule has 2 heterocycles. The predicted molar refractivity (Wildman–Crippen MR) is 86.6 cm³/mol. The van der Waals surface area contributed by atoms with Crippen molar-refractivity contribution in [3.05, 3.63) is 19.8 Å². The van der Waals surface area contributed by atoms with E-state index in [2.05, 4.69) is 46.3 Å². The third-order valence-corrected chi connectivity index (χ3v) is 6.33. The molecule has 19 heavy (non-hydrogen) atoms.